The Balaban J connectivity index is 0.00000128. The number of hydrogen-bond donors (Lipinski definition) is 0. The predicted molar refractivity (Wildman–Crippen MR) is 64.1 cm³/mol. The molecule has 0 spiro atoms. The van der Waals surface area contributed by atoms with Gasteiger partial charge in [0.05, 0.1) is 0 Å². The highest BCUT2D eigenvalue weighted by atomic mass is 16.5. The van der Waals surface area contributed by atoms with Gasteiger partial charge in [0.25, 0.3) is 0 Å². The van der Waals surface area contributed by atoms with Crippen LogP contribution in [-0.4, -0.2) is 0 Å². The lowest BCUT2D eigenvalue weighted by Crippen LogP contribution is -1.94. The maximum absolute atomic E-state index is 5.65. The van der Waals surface area contributed by atoms with Crippen LogP contribution in [0.2, 0.25) is 0 Å². The fourth-order valence-electron chi connectivity index (χ4n) is 1.38. The van der Waals surface area contributed by atoms with E-state index in [-0.39, 0.29) is 1.43 Å². The minimum atomic E-state index is 0. The second-order valence-electron chi connectivity index (χ2n) is 3.59. The zero-order chi connectivity index (χ0) is 10.5. The Kier molecular flexibility index (Phi) is 3.03. The van der Waals surface area contributed by atoms with E-state index in [4.69, 9.17) is 4.74 Å². The van der Waals surface area contributed by atoms with Crippen molar-refractivity contribution in [3.8, 4) is 5.75 Å². The van der Waals surface area contributed by atoms with Crippen LogP contribution < -0.4 is 4.74 Å². The molecule has 0 aliphatic rings. The van der Waals surface area contributed by atoms with Gasteiger partial charge in [-0.2, -0.15) is 0 Å². The summed E-state index contributed by atoms with van der Waals surface area (Å²) in [6, 6.07) is 18.3. The molecular weight excluding hydrogens is 184 g/mol. The number of aryl methyl sites for hydroxylation is 1. The third-order valence-electron chi connectivity index (χ3n) is 2.27. The zero-order valence-corrected chi connectivity index (χ0v) is 8.81. The van der Waals surface area contributed by atoms with Gasteiger partial charge in [-0.1, -0.05) is 48.0 Å². The molecule has 0 fully saturated rings. The molecule has 1 heteroatoms. The van der Waals surface area contributed by atoms with E-state index in [0.717, 1.165) is 5.75 Å². The fourth-order valence-corrected chi connectivity index (χ4v) is 1.38. The summed E-state index contributed by atoms with van der Waals surface area (Å²) in [4.78, 5) is 0. The molecule has 2 aromatic carbocycles. The average molecular weight is 200 g/mol. The second-order valence-corrected chi connectivity index (χ2v) is 3.59. The Labute approximate surface area is 91.8 Å². The van der Waals surface area contributed by atoms with Crippen molar-refractivity contribution < 1.29 is 6.16 Å². The quantitative estimate of drug-likeness (QED) is 0.731. The average Bonchev–Trinajstić information content (AvgIpc) is 2.30. The molecule has 0 radical (unpaired) electrons. The van der Waals surface area contributed by atoms with Gasteiger partial charge in [-0.15, -0.1) is 0 Å². The summed E-state index contributed by atoms with van der Waals surface area (Å²) in [5, 5.41) is 0. The second kappa shape index (κ2) is 4.65. The van der Waals surface area contributed by atoms with E-state index >= 15 is 0 Å². The normalized spacial score (nSPS) is 9.93. The van der Waals surface area contributed by atoms with Crippen molar-refractivity contribution >= 4 is 0 Å². The first-order valence-corrected chi connectivity index (χ1v) is 5.08. The third kappa shape index (κ3) is 2.84. The van der Waals surface area contributed by atoms with Crippen LogP contribution in [0.4, 0.5) is 0 Å². The van der Waals surface area contributed by atoms with Crippen LogP contribution in [0.5, 0.6) is 5.75 Å². The lowest BCUT2D eigenvalue weighted by Gasteiger charge is -2.06. The summed E-state index contributed by atoms with van der Waals surface area (Å²) >= 11 is 0. The van der Waals surface area contributed by atoms with Crippen molar-refractivity contribution in [1.29, 1.82) is 0 Å². The molecule has 2 rings (SSSR count). The number of hydrogen-bond acceptors (Lipinski definition) is 1. The molecule has 0 atom stereocenters. The van der Waals surface area contributed by atoms with Gasteiger partial charge in [0, 0.05) is 1.43 Å². The van der Waals surface area contributed by atoms with Gasteiger partial charge in [0.1, 0.15) is 12.4 Å². The molecule has 0 saturated carbocycles. The predicted octanol–water partition coefficient (Wildman–Crippen LogP) is 3.82. The van der Waals surface area contributed by atoms with Crippen molar-refractivity contribution in [2.24, 2.45) is 0 Å². The van der Waals surface area contributed by atoms with E-state index in [1.165, 1.54) is 11.1 Å². The Morgan fingerprint density at radius 1 is 0.933 bits per heavy atom. The molecular formula is C14H16O. The molecule has 0 aliphatic carbocycles. The van der Waals surface area contributed by atoms with E-state index in [1.807, 2.05) is 30.3 Å². The van der Waals surface area contributed by atoms with Crippen molar-refractivity contribution in [2.75, 3.05) is 0 Å². The Bertz CT molecular complexity index is 409. The van der Waals surface area contributed by atoms with Crippen molar-refractivity contribution in [2.45, 2.75) is 13.5 Å². The standard InChI is InChI=1S/C14H14O.H2/c1-12-7-9-14(10-8-12)15-11-13-5-3-2-4-6-13;/h2-10H,11H2,1H3;1H. The SMILES string of the molecule is Cc1ccc(OCc2ccccc2)cc1.[HH]. The van der Waals surface area contributed by atoms with E-state index < -0.39 is 0 Å². The molecule has 0 bridgehead atoms. The summed E-state index contributed by atoms with van der Waals surface area (Å²) in [7, 11) is 0. The molecule has 0 aliphatic heterocycles. The largest absolute Gasteiger partial charge is 0.489 e. The molecule has 78 valence electrons. The maximum Gasteiger partial charge on any atom is 0.119 e. The monoisotopic (exact) mass is 200 g/mol. The van der Waals surface area contributed by atoms with Gasteiger partial charge < -0.3 is 4.74 Å². The van der Waals surface area contributed by atoms with Crippen molar-refractivity contribution in [3.63, 3.8) is 0 Å². The molecule has 0 heterocycles. The van der Waals surface area contributed by atoms with Crippen molar-refractivity contribution in [1.82, 2.24) is 0 Å². The summed E-state index contributed by atoms with van der Waals surface area (Å²) in [6.45, 7) is 2.70. The Hall–Kier alpha value is -1.76. The topological polar surface area (TPSA) is 9.23 Å². The van der Waals surface area contributed by atoms with E-state index in [0.29, 0.717) is 6.61 Å². The van der Waals surface area contributed by atoms with Gasteiger partial charge in [-0.05, 0) is 24.6 Å². The van der Waals surface area contributed by atoms with Gasteiger partial charge in [-0.25, -0.2) is 0 Å². The van der Waals surface area contributed by atoms with Crippen LogP contribution in [0.3, 0.4) is 0 Å². The van der Waals surface area contributed by atoms with Crippen LogP contribution in [0.25, 0.3) is 0 Å². The number of benzene rings is 2. The van der Waals surface area contributed by atoms with E-state index in [2.05, 4.69) is 31.2 Å². The number of ether oxygens (including phenoxy) is 1. The number of rotatable bonds is 3. The lowest BCUT2D eigenvalue weighted by atomic mass is 10.2. The van der Waals surface area contributed by atoms with Gasteiger partial charge in [-0.3, -0.25) is 0 Å². The minimum absolute atomic E-state index is 0. The van der Waals surface area contributed by atoms with Crippen LogP contribution in [0.1, 0.15) is 12.6 Å². The molecule has 0 aromatic heterocycles. The molecule has 0 saturated heterocycles. The van der Waals surface area contributed by atoms with Crippen LogP contribution in [0.15, 0.2) is 54.6 Å². The Morgan fingerprint density at radius 3 is 2.27 bits per heavy atom. The maximum atomic E-state index is 5.65. The van der Waals surface area contributed by atoms with E-state index in [1.54, 1.807) is 0 Å². The highest BCUT2D eigenvalue weighted by Gasteiger charge is 1.94. The molecule has 0 amide bonds. The first-order valence-electron chi connectivity index (χ1n) is 5.08. The van der Waals surface area contributed by atoms with Crippen LogP contribution >= 0.6 is 0 Å². The van der Waals surface area contributed by atoms with E-state index in [9.17, 15) is 0 Å². The molecule has 1 nitrogen and oxygen atoms in total. The minimum Gasteiger partial charge on any atom is -0.489 e. The first kappa shape index (κ1) is 9.78. The fraction of sp³-hybridized carbons (Fsp3) is 0.143. The Morgan fingerprint density at radius 2 is 1.60 bits per heavy atom. The van der Waals surface area contributed by atoms with Gasteiger partial charge in [0.2, 0.25) is 0 Å². The lowest BCUT2D eigenvalue weighted by molar-refractivity contribution is 0.306. The van der Waals surface area contributed by atoms with Crippen LogP contribution in [0, 0.1) is 6.92 Å². The first-order chi connectivity index (χ1) is 7.34. The van der Waals surface area contributed by atoms with Gasteiger partial charge >= 0.3 is 0 Å². The smallest absolute Gasteiger partial charge is 0.119 e. The zero-order valence-electron chi connectivity index (χ0n) is 8.81. The molecule has 0 N–H and O–H groups in total. The third-order valence-corrected chi connectivity index (χ3v) is 2.27. The molecule has 0 unspecified atom stereocenters. The highest BCUT2D eigenvalue weighted by molar-refractivity contribution is 5.26. The highest BCUT2D eigenvalue weighted by Crippen LogP contribution is 2.13. The molecule has 15 heavy (non-hydrogen) atoms. The van der Waals surface area contributed by atoms with Crippen molar-refractivity contribution in [3.05, 3.63) is 65.7 Å². The summed E-state index contributed by atoms with van der Waals surface area (Å²) in [5.41, 5.74) is 2.44. The summed E-state index contributed by atoms with van der Waals surface area (Å²) in [5.74, 6) is 0.921. The summed E-state index contributed by atoms with van der Waals surface area (Å²) in [6.07, 6.45) is 0. The van der Waals surface area contributed by atoms with Gasteiger partial charge in [0.15, 0.2) is 0 Å². The summed E-state index contributed by atoms with van der Waals surface area (Å²) < 4.78 is 5.65. The van der Waals surface area contributed by atoms with Crippen LogP contribution in [-0.2, 0) is 6.61 Å². The molecule has 2 aromatic rings.